The first-order valence-corrected chi connectivity index (χ1v) is 53.3. The van der Waals surface area contributed by atoms with E-state index in [9.17, 15) is 0 Å². The molecule has 9 heterocycles. The Morgan fingerprint density at radius 2 is 0.453 bits per heavy atom. The molecule has 0 atom stereocenters. The molecule has 0 saturated carbocycles. The van der Waals surface area contributed by atoms with Gasteiger partial charge in [0.15, 0.2) is 0 Å². The summed E-state index contributed by atoms with van der Waals surface area (Å²) in [4.78, 5) is 18.5. The summed E-state index contributed by atoms with van der Waals surface area (Å²) in [5.74, 6) is 0. The Balaban J connectivity index is 0.0000000813. The van der Waals surface area contributed by atoms with Gasteiger partial charge >= 0.3 is 0 Å². The Kier molecular flexibility index (Phi) is 17.6. The molecule has 5 N–H and O–H groups in total. The van der Waals surface area contributed by atoms with Gasteiger partial charge in [-0.05, 0) is 153 Å². The zero-order valence-corrected chi connectivity index (χ0v) is 83.0. The average molecular weight is 1950 g/mol. The summed E-state index contributed by atoms with van der Waals surface area (Å²) in [6.45, 7) is 4.76. The molecule has 0 fully saturated rings. The van der Waals surface area contributed by atoms with Crippen LogP contribution in [0, 0.1) is 0 Å². The standard InChI is InChI=1S/C30H17NO.C30H17NS.C29H21N.C26H15NO.C26H15NS/c2*1-2-10-18-17(9-1)25-22-14-6-8-16-24(22)32-30(25)28-19-11-3-4-12-20(19)29-27(26(18)28)21-13-5-7-15-23(21)31-29;1-29(2)23-13-7-5-9-17(23)19-15-16-22-25(27(19)29)18-10-3-4-11-20(18)28-26(22)21-12-6-8-14-24(21)30-28;2*1-2-9-17-16(8-1)24-20(23-19-10-3-5-11-21(19)27-25(17)23)14-13-18-15-7-4-6-12-22(15)28-26(18)24/h2*1-16,31H;3-16,30H,1-2H3;2*1-14,27H. The Labute approximate surface area is 862 Å². The normalized spacial score (nSPS) is 12.8. The molecular weight excluding hydrogens is 1860 g/mol. The molecule has 7 nitrogen and oxygen atoms in total. The van der Waals surface area contributed by atoms with Gasteiger partial charge in [-0.15, -0.1) is 22.7 Å². The predicted molar refractivity (Wildman–Crippen MR) is 647 cm³/mol. The molecule has 0 saturated heterocycles. The first-order chi connectivity index (χ1) is 74.3. The van der Waals surface area contributed by atoms with Gasteiger partial charge in [-0.1, -0.05) is 402 Å². The number of rotatable bonds is 0. The van der Waals surface area contributed by atoms with Crippen molar-refractivity contribution in [3.05, 3.63) is 460 Å². The van der Waals surface area contributed by atoms with Crippen LogP contribution in [0.2, 0.25) is 0 Å². The SMILES string of the molecule is CC1(C)c2ccccc2-c2ccc3c(c21)c1ccccc1c1[nH]c2ccccc2c31.c1ccc2c(c1)[nH]c1c3ccccc3c3c(ccc4c5ccccc5oc43)c21.c1ccc2c(c1)[nH]c1c3ccccc3c3c(ccc4c5ccccc5sc43)c21.c1ccc2c(c1)[nH]c1c3ccccc3c3c4oc5ccccc5c4c4ccccc4c3c21.c1ccc2c(c1)[nH]c1c3ccccc3c3c4sc5ccccc5c4c4ccccc4c3c21. The van der Waals surface area contributed by atoms with Crippen LogP contribution in [-0.2, 0) is 5.41 Å². The van der Waals surface area contributed by atoms with E-state index in [1.54, 1.807) is 0 Å². The van der Waals surface area contributed by atoms with Gasteiger partial charge in [0.2, 0.25) is 0 Å². The van der Waals surface area contributed by atoms with Crippen LogP contribution in [0.15, 0.2) is 458 Å². The van der Waals surface area contributed by atoms with Crippen LogP contribution < -0.4 is 0 Å². The van der Waals surface area contributed by atoms with E-state index in [-0.39, 0.29) is 5.41 Å². The fourth-order valence-corrected chi connectivity index (χ4v) is 29.5. The van der Waals surface area contributed by atoms with E-state index in [0.717, 1.165) is 27.8 Å². The van der Waals surface area contributed by atoms with Gasteiger partial charge in [0.25, 0.3) is 0 Å². The summed E-state index contributed by atoms with van der Waals surface area (Å²) < 4.78 is 18.5. The summed E-state index contributed by atoms with van der Waals surface area (Å²) in [6.07, 6.45) is 0. The van der Waals surface area contributed by atoms with Crippen LogP contribution in [0.4, 0.5) is 0 Å². The molecule has 0 bridgehead atoms. The second kappa shape index (κ2) is 31.6. The van der Waals surface area contributed by atoms with Crippen LogP contribution in [-0.4, -0.2) is 24.9 Å². The second-order valence-corrected chi connectivity index (χ2v) is 43.1. The van der Waals surface area contributed by atoms with Crippen molar-refractivity contribution < 1.29 is 8.83 Å². The van der Waals surface area contributed by atoms with E-state index in [1.165, 1.54) is 317 Å². The largest absolute Gasteiger partial charge is 0.455 e. The highest BCUT2D eigenvalue weighted by Crippen LogP contribution is 2.58. The van der Waals surface area contributed by atoms with Crippen LogP contribution in [0.1, 0.15) is 25.0 Å². The highest BCUT2D eigenvalue weighted by atomic mass is 32.1. The van der Waals surface area contributed by atoms with Crippen molar-refractivity contribution in [2.45, 2.75) is 19.3 Å². The number of aromatic nitrogens is 5. The molecule has 36 aromatic rings. The van der Waals surface area contributed by atoms with Gasteiger partial charge in [-0.25, -0.2) is 0 Å². The summed E-state index contributed by atoms with van der Waals surface area (Å²) in [5, 5.41) is 54.2. The molecule has 698 valence electrons. The van der Waals surface area contributed by atoms with E-state index in [2.05, 4.69) is 469 Å². The molecule has 1 aliphatic carbocycles. The first kappa shape index (κ1) is 83.4. The summed E-state index contributed by atoms with van der Waals surface area (Å²) in [5.41, 5.74) is 21.5. The third-order valence-corrected chi connectivity index (χ3v) is 35.5. The number of hydrogen-bond donors (Lipinski definition) is 5. The Morgan fingerprint density at radius 1 is 0.167 bits per heavy atom. The highest BCUT2D eigenvalue weighted by Gasteiger charge is 2.38. The van der Waals surface area contributed by atoms with Gasteiger partial charge in [0, 0.05) is 208 Å². The molecule has 150 heavy (non-hydrogen) atoms. The van der Waals surface area contributed by atoms with Gasteiger partial charge in [0.1, 0.15) is 22.3 Å². The molecule has 0 spiro atoms. The number of fused-ring (bicyclic) bond motifs is 66. The van der Waals surface area contributed by atoms with E-state index in [0.29, 0.717) is 0 Å². The number of hydrogen-bond acceptors (Lipinski definition) is 4. The smallest absolute Gasteiger partial charge is 0.144 e. The lowest BCUT2D eigenvalue weighted by Gasteiger charge is -2.24. The molecule has 9 aromatic heterocycles. The fraction of sp³-hybridized carbons (Fsp3) is 0.0213. The van der Waals surface area contributed by atoms with E-state index < -0.39 is 0 Å². The maximum absolute atomic E-state index is 6.61. The van der Waals surface area contributed by atoms with Crippen molar-refractivity contribution in [3.63, 3.8) is 0 Å². The Hall–Kier alpha value is -18.9. The number of furan rings is 2. The summed E-state index contributed by atoms with van der Waals surface area (Å²) in [6, 6.07) is 162. The molecule has 37 rings (SSSR count). The quantitative estimate of drug-likeness (QED) is 0.0976. The molecule has 27 aromatic carbocycles. The molecule has 9 heteroatoms. The predicted octanol–water partition coefficient (Wildman–Crippen LogP) is 41.3. The maximum Gasteiger partial charge on any atom is 0.144 e. The monoisotopic (exact) mass is 1940 g/mol. The van der Waals surface area contributed by atoms with Crippen molar-refractivity contribution in [1.82, 2.24) is 24.9 Å². The van der Waals surface area contributed by atoms with Crippen molar-refractivity contribution in [2.24, 2.45) is 0 Å². The summed E-state index contributed by atoms with van der Waals surface area (Å²) >= 11 is 3.84. The highest BCUT2D eigenvalue weighted by molar-refractivity contribution is 7.27. The number of benzene rings is 27. The fourth-order valence-electron chi connectivity index (χ4n) is 26.9. The lowest BCUT2D eigenvalue weighted by molar-refractivity contribution is 0.666. The van der Waals surface area contributed by atoms with Crippen molar-refractivity contribution in [2.75, 3.05) is 0 Å². The number of H-pyrrole nitrogens is 5. The van der Waals surface area contributed by atoms with E-state index >= 15 is 0 Å². The molecular formula is C141H85N5O2S2. The van der Waals surface area contributed by atoms with Crippen LogP contribution in [0.5, 0.6) is 0 Å². The number of thiophene rings is 2. The van der Waals surface area contributed by atoms with Gasteiger partial charge < -0.3 is 33.8 Å². The lowest BCUT2D eigenvalue weighted by Crippen LogP contribution is -2.15. The average Bonchev–Trinajstić information content (AvgIpc) is 1.50. The zero-order chi connectivity index (χ0) is 98.1. The van der Waals surface area contributed by atoms with Gasteiger partial charge in [-0.3, -0.25) is 0 Å². The topological polar surface area (TPSA) is 105 Å². The van der Waals surface area contributed by atoms with Crippen molar-refractivity contribution in [3.8, 4) is 11.1 Å². The zero-order valence-electron chi connectivity index (χ0n) is 81.4. The van der Waals surface area contributed by atoms with Crippen LogP contribution in [0.3, 0.4) is 0 Å². The van der Waals surface area contributed by atoms with Crippen molar-refractivity contribution in [1.29, 1.82) is 0 Å². The number of para-hydroxylation sites is 7. The lowest BCUT2D eigenvalue weighted by atomic mass is 9.78. The minimum Gasteiger partial charge on any atom is -0.455 e. The first-order valence-electron chi connectivity index (χ1n) is 51.7. The second-order valence-electron chi connectivity index (χ2n) is 41.0. The van der Waals surface area contributed by atoms with Crippen LogP contribution in [0.25, 0.3) is 334 Å². The summed E-state index contributed by atoms with van der Waals surface area (Å²) in [7, 11) is 0. The maximum atomic E-state index is 6.61. The van der Waals surface area contributed by atoms with E-state index in [4.69, 9.17) is 8.83 Å². The minimum absolute atomic E-state index is 0.0337. The van der Waals surface area contributed by atoms with Crippen molar-refractivity contribution >= 4 is 345 Å². The molecule has 1 aliphatic rings. The Morgan fingerprint density at radius 3 is 0.953 bits per heavy atom. The van der Waals surface area contributed by atoms with Gasteiger partial charge in [0.05, 0.1) is 27.6 Å². The third kappa shape index (κ3) is 11.6. The third-order valence-electron chi connectivity index (χ3n) is 33.1. The number of nitrogens with one attached hydrogen (secondary N) is 5. The Bertz CT molecular complexity index is 11800. The van der Waals surface area contributed by atoms with E-state index in [1.807, 2.05) is 40.9 Å². The molecule has 0 radical (unpaired) electrons. The molecule has 0 amide bonds. The van der Waals surface area contributed by atoms with Crippen LogP contribution >= 0.6 is 22.7 Å². The van der Waals surface area contributed by atoms with Gasteiger partial charge in [-0.2, -0.15) is 0 Å². The molecule has 0 aliphatic heterocycles. The molecule has 0 unspecified atom stereocenters. The number of aromatic amines is 5. The minimum atomic E-state index is -0.0337.